The van der Waals surface area contributed by atoms with Crippen LogP contribution in [0, 0.1) is 20.8 Å². The third-order valence-electron chi connectivity index (χ3n) is 5.76. The van der Waals surface area contributed by atoms with E-state index in [2.05, 4.69) is 58.8 Å². The molecule has 0 radical (unpaired) electrons. The van der Waals surface area contributed by atoms with Crippen LogP contribution in [0.3, 0.4) is 0 Å². The largest absolute Gasteiger partial charge is 0.343 e. The lowest BCUT2D eigenvalue weighted by Gasteiger charge is -2.16. The summed E-state index contributed by atoms with van der Waals surface area (Å²) in [6.07, 6.45) is 0.689. The monoisotopic (exact) mass is 376 g/mol. The number of hydrogen-bond donors (Lipinski definition) is 3. The fraction of sp³-hybridized carbons (Fsp3) is 0.348. The highest BCUT2D eigenvalue weighted by Crippen LogP contribution is 2.32. The predicted molar refractivity (Wildman–Crippen MR) is 113 cm³/mol. The van der Waals surface area contributed by atoms with Gasteiger partial charge in [-0.15, -0.1) is 0 Å². The molecule has 2 aromatic carbocycles. The standard InChI is InChI=1S/C23H28N4O/c1-5-27-20-9-7-6-8-18(20)16(4)22(27)19-13-21(26-25-19)24-23(28)17-11-10-14(2)12-15(17)3/h6-12,19,21,25-26H,5,13H2,1-4H3,(H,24,28). The Bertz CT molecular complexity index is 1040. The molecule has 5 nitrogen and oxygen atoms in total. The van der Waals surface area contributed by atoms with E-state index in [1.807, 2.05) is 32.0 Å². The molecule has 1 aliphatic rings. The van der Waals surface area contributed by atoms with Crippen molar-refractivity contribution >= 4 is 16.8 Å². The summed E-state index contributed by atoms with van der Waals surface area (Å²) in [6, 6.07) is 14.6. The van der Waals surface area contributed by atoms with Crippen LogP contribution in [0.25, 0.3) is 10.9 Å². The topological polar surface area (TPSA) is 58.1 Å². The van der Waals surface area contributed by atoms with Gasteiger partial charge in [0, 0.05) is 35.1 Å². The second-order valence-electron chi connectivity index (χ2n) is 7.69. The number of benzene rings is 2. The first-order valence-electron chi connectivity index (χ1n) is 9.96. The zero-order valence-electron chi connectivity index (χ0n) is 17.0. The van der Waals surface area contributed by atoms with Crippen LogP contribution >= 0.6 is 0 Å². The number of carbonyl (C=O) groups excluding carboxylic acids is 1. The minimum Gasteiger partial charge on any atom is -0.343 e. The molecule has 146 valence electrons. The lowest BCUT2D eigenvalue weighted by Crippen LogP contribution is -2.44. The third-order valence-corrected chi connectivity index (χ3v) is 5.76. The molecule has 1 fully saturated rings. The first-order chi connectivity index (χ1) is 13.5. The van der Waals surface area contributed by atoms with Gasteiger partial charge in [0.25, 0.3) is 5.91 Å². The fourth-order valence-electron chi connectivity index (χ4n) is 4.42. The summed E-state index contributed by atoms with van der Waals surface area (Å²) in [5.74, 6) is -0.0368. The lowest BCUT2D eigenvalue weighted by molar-refractivity contribution is 0.0931. The maximum absolute atomic E-state index is 12.7. The van der Waals surface area contributed by atoms with Gasteiger partial charge in [0.15, 0.2) is 0 Å². The zero-order chi connectivity index (χ0) is 19.8. The van der Waals surface area contributed by atoms with Crippen molar-refractivity contribution in [1.82, 2.24) is 20.7 Å². The molecule has 2 unspecified atom stereocenters. The van der Waals surface area contributed by atoms with Crippen LogP contribution in [0.1, 0.15) is 52.1 Å². The molecule has 0 saturated carbocycles. The van der Waals surface area contributed by atoms with Gasteiger partial charge in [-0.1, -0.05) is 35.9 Å². The Labute approximate surface area is 166 Å². The predicted octanol–water partition coefficient (Wildman–Crippen LogP) is 3.88. The first-order valence-corrected chi connectivity index (χ1v) is 9.96. The fourth-order valence-corrected chi connectivity index (χ4v) is 4.42. The first kappa shape index (κ1) is 18.7. The normalized spacial score (nSPS) is 19.3. The summed E-state index contributed by atoms with van der Waals surface area (Å²) < 4.78 is 2.37. The van der Waals surface area contributed by atoms with E-state index in [0.717, 1.165) is 29.7 Å². The summed E-state index contributed by atoms with van der Waals surface area (Å²) in [7, 11) is 0. The Morgan fingerprint density at radius 3 is 2.68 bits per heavy atom. The second kappa shape index (κ2) is 7.41. The summed E-state index contributed by atoms with van der Waals surface area (Å²) in [5, 5.41) is 4.42. The van der Waals surface area contributed by atoms with Crippen LogP contribution in [0.15, 0.2) is 42.5 Å². The van der Waals surface area contributed by atoms with Crippen molar-refractivity contribution in [3.63, 3.8) is 0 Å². The molecule has 28 heavy (non-hydrogen) atoms. The van der Waals surface area contributed by atoms with E-state index in [1.165, 1.54) is 22.2 Å². The molecule has 2 atom stereocenters. The molecule has 2 heterocycles. The molecule has 1 saturated heterocycles. The maximum atomic E-state index is 12.7. The lowest BCUT2D eigenvalue weighted by atomic mass is 10.0. The molecule has 3 aromatic rings. The second-order valence-corrected chi connectivity index (χ2v) is 7.69. The number of hydrogen-bond acceptors (Lipinski definition) is 3. The van der Waals surface area contributed by atoms with E-state index in [1.54, 1.807) is 0 Å². The van der Waals surface area contributed by atoms with E-state index < -0.39 is 0 Å². The van der Waals surface area contributed by atoms with Gasteiger partial charge in [-0.3, -0.25) is 4.79 Å². The van der Waals surface area contributed by atoms with Crippen molar-refractivity contribution in [3.05, 3.63) is 70.4 Å². The van der Waals surface area contributed by atoms with Crippen molar-refractivity contribution in [2.75, 3.05) is 0 Å². The molecule has 1 aliphatic heterocycles. The molecular formula is C23H28N4O. The van der Waals surface area contributed by atoms with Gasteiger partial charge >= 0.3 is 0 Å². The van der Waals surface area contributed by atoms with Gasteiger partial charge in [-0.05, 0) is 51.0 Å². The quantitative estimate of drug-likeness (QED) is 0.648. The Morgan fingerprint density at radius 1 is 1.14 bits per heavy atom. The van der Waals surface area contributed by atoms with Gasteiger partial charge in [0.2, 0.25) is 0 Å². The van der Waals surface area contributed by atoms with Crippen molar-refractivity contribution in [2.24, 2.45) is 0 Å². The minimum atomic E-state index is -0.110. The van der Waals surface area contributed by atoms with Gasteiger partial charge < -0.3 is 9.88 Å². The van der Waals surface area contributed by atoms with Crippen molar-refractivity contribution < 1.29 is 4.79 Å². The highest BCUT2D eigenvalue weighted by molar-refractivity contribution is 5.95. The summed E-state index contributed by atoms with van der Waals surface area (Å²) >= 11 is 0. The number of carbonyl (C=O) groups is 1. The molecule has 1 amide bonds. The number of fused-ring (bicyclic) bond motifs is 1. The minimum absolute atomic E-state index is 0.0368. The van der Waals surface area contributed by atoms with E-state index in [9.17, 15) is 4.79 Å². The third kappa shape index (κ3) is 3.21. The average Bonchev–Trinajstić information content (AvgIpc) is 3.23. The van der Waals surface area contributed by atoms with Crippen LogP contribution in [-0.4, -0.2) is 16.6 Å². The number of rotatable bonds is 4. The van der Waals surface area contributed by atoms with E-state index in [0.29, 0.717) is 0 Å². The van der Waals surface area contributed by atoms with E-state index in [4.69, 9.17) is 0 Å². The van der Waals surface area contributed by atoms with E-state index >= 15 is 0 Å². The highest BCUT2D eigenvalue weighted by Gasteiger charge is 2.30. The molecular weight excluding hydrogens is 348 g/mol. The van der Waals surface area contributed by atoms with Crippen LogP contribution in [0.5, 0.6) is 0 Å². The van der Waals surface area contributed by atoms with Crippen molar-refractivity contribution in [3.8, 4) is 0 Å². The SMILES string of the molecule is CCn1c(C2CC(NC(=O)c3ccc(C)cc3C)NN2)c(C)c2ccccc21. The number of aryl methyl sites for hydroxylation is 4. The molecule has 5 heteroatoms. The molecule has 3 N–H and O–H groups in total. The zero-order valence-corrected chi connectivity index (χ0v) is 17.0. The number of amides is 1. The van der Waals surface area contributed by atoms with Crippen molar-refractivity contribution in [1.29, 1.82) is 0 Å². The van der Waals surface area contributed by atoms with Crippen LogP contribution in [-0.2, 0) is 6.54 Å². The molecule has 1 aromatic heterocycles. The highest BCUT2D eigenvalue weighted by atomic mass is 16.1. The number of aromatic nitrogens is 1. The van der Waals surface area contributed by atoms with Crippen LogP contribution in [0.4, 0.5) is 0 Å². The molecule has 0 spiro atoms. The Kier molecular flexibility index (Phi) is 4.96. The van der Waals surface area contributed by atoms with Crippen molar-refractivity contribution in [2.45, 2.75) is 52.9 Å². The van der Waals surface area contributed by atoms with E-state index in [-0.39, 0.29) is 18.1 Å². The van der Waals surface area contributed by atoms with Gasteiger partial charge in [-0.2, -0.15) is 0 Å². The van der Waals surface area contributed by atoms with Crippen LogP contribution in [0.2, 0.25) is 0 Å². The molecule has 0 aliphatic carbocycles. The maximum Gasteiger partial charge on any atom is 0.252 e. The summed E-state index contributed by atoms with van der Waals surface area (Å²) in [5.41, 5.74) is 13.4. The molecule has 4 rings (SSSR count). The number of nitrogens with zero attached hydrogens (tertiary/aromatic N) is 1. The average molecular weight is 377 g/mol. The van der Waals surface area contributed by atoms with Gasteiger partial charge in [0.05, 0.1) is 12.2 Å². The summed E-state index contributed by atoms with van der Waals surface area (Å²) in [4.78, 5) is 12.7. The number of nitrogens with one attached hydrogen (secondary N) is 3. The van der Waals surface area contributed by atoms with Gasteiger partial charge in [-0.25, -0.2) is 10.9 Å². The number of para-hydroxylation sites is 1. The summed E-state index contributed by atoms with van der Waals surface area (Å²) in [6.45, 7) is 9.30. The number of hydrazine groups is 1. The van der Waals surface area contributed by atoms with Crippen LogP contribution < -0.4 is 16.2 Å². The molecule has 0 bridgehead atoms. The Hall–Kier alpha value is -2.63. The van der Waals surface area contributed by atoms with Gasteiger partial charge in [0.1, 0.15) is 0 Å². The Balaban J connectivity index is 1.54. The Morgan fingerprint density at radius 2 is 1.93 bits per heavy atom. The smallest absolute Gasteiger partial charge is 0.252 e.